The van der Waals surface area contributed by atoms with Crippen molar-refractivity contribution in [3.05, 3.63) is 81.1 Å². The number of nitrogens with zero attached hydrogens (tertiary/aromatic N) is 3. The summed E-state index contributed by atoms with van der Waals surface area (Å²) in [6, 6.07) is 13.5. The Kier molecular flexibility index (Phi) is 11.3. The number of hydrogen-bond acceptors (Lipinski definition) is 11. The van der Waals surface area contributed by atoms with Crippen LogP contribution in [-0.2, 0) is 24.3 Å². The van der Waals surface area contributed by atoms with Gasteiger partial charge in [0.2, 0.25) is 17.6 Å². The van der Waals surface area contributed by atoms with Crippen LogP contribution in [0.4, 0.5) is 0 Å². The summed E-state index contributed by atoms with van der Waals surface area (Å²) in [6.45, 7) is 1.25. The van der Waals surface area contributed by atoms with Gasteiger partial charge < -0.3 is 34.8 Å². The summed E-state index contributed by atoms with van der Waals surface area (Å²) < 4.78 is 17.5. The summed E-state index contributed by atoms with van der Waals surface area (Å²) in [4.78, 5) is 25.5. The molecule has 0 unspecified atom stereocenters. The Morgan fingerprint density at radius 3 is 2.43 bits per heavy atom. The standard InChI is InChI=1S/C37H41Cl2N5O7/c1-37(19-45,36(47)48)42-16-20-15-26(38)34(44-33(20)49-2)51-31-14-13-22-21(7-4-8-23(22)31)24-9-5-10-25(32(24)39)28-17-41-29(35(43-28)50-3)18-40-27-11-6-12-30(27)46/h4-5,7-10,15,17,27,30-31,40,42,45-46H,6,11-14,16,18-19H2,1-3H3,(H,47,48)/t27-,30+,31+,37+/m1/s1. The molecule has 0 aliphatic heterocycles. The molecule has 2 aliphatic carbocycles. The summed E-state index contributed by atoms with van der Waals surface area (Å²) >= 11 is 13.8. The first-order chi connectivity index (χ1) is 24.6. The lowest BCUT2D eigenvalue weighted by atomic mass is 9.95. The third-order valence-corrected chi connectivity index (χ3v) is 10.4. The van der Waals surface area contributed by atoms with E-state index in [1.165, 1.54) is 14.0 Å². The maximum atomic E-state index is 11.6. The molecule has 5 N–H and O–H groups in total. The molecule has 0 amide bonds. The zero-order valence-corrected chi connectivity index (χ0v) is 30.1. The predicted molar refractivity (Wildman–Crippen MR) is 192 cm³/mol. The second-order valence-corrected chi connectivity index (χ2v) is 13.8. The molecule has 0 saturated heterocycles. The van der Waals surface area contributed by atoms with Gasteiger partial charge in [0, 0.05) is 35.8 Å². The third-order valence-electron chi connectivity index (χ3n) is 9.68. The summed E-state index contributed by atoms with van der Waals surface area (Å²) in [5.41, 5.74) is 4.82. The quantitative estimate of drug-likeness (QED) is 0.110. The number of aromatic nitrogens is 3. The minimum absolute atomic E-state index is 0.0287. The van der Waals surface area contributed by atoms with Gasteiger partial charge in [0.1, 0.15) is 22.4 Å². The number of carboxylic acid groups (broad SMARTS) is 1. The van der Waals surface area contributed by atoms with Gasteiger partial charge in [-0.15, -0.1) is 0 Å². The van der Waals surface area contributed by atoms with Crippen molar-refractivity contribution in [3.8, 4) is 40.0 Å². The molecule has 0 spiro atoms. The Balaban J connectivity index is 1.23. The number of halogens is 2. The van der Waals surface area contributed by atoms with E-state index in [9.17, 15) is 20.1 Å². The molecule has 2 aromatic heterocycles. The summed E-state index contributed by atoms with van der Waals surface area (Å²) in [6.07, 6.45) is 5.11. The number of methoxy groups -OCH3 is 2. The lowest BCUT2D eigenvalue weighted by Gasteiger charge is -2.24. The van der Waals surface area contributed by atoms with E-state index in [4.69, 9.17) is 42.4 Å². The number of nitrogens with one attached hydrogen (secondary N) is 2. The molecule has 2 heterocycles. The monoisotopic (exact) mass is 737 g/mol. The SMILES string of the molecule is COc1nc(O[C@H]2CCc3c(-c4cccc(-c5cnc(CN[C@@H]6CCC[C@@H]6O)c(OC)n5)c4Cl)cccc32)c(Cl)cc1CN[C@@](C)(CO)C(=O)O. The molecule has 0 radical (unpaired) electrons. The number of carbonyl (C=O) groups is 1. The third kappa shape index (κ3) is 7.62. The number of benzene rings is 2. The maximum absolute atomic E-state index is 11.6. The molecule has 4 atom stereocenters. The molecule has 6 rings (SSSR count). The predicted octanol–water partition coefficient (Wildman–Crippen LogP) is 5.52. The molecule has 1 fully saturated rings. The van der Waals surface area contributed by atoms with Gasteiger partial charge in [-0.25, -0.2) is 4.98 Å². The molecule has 0 bridgehead atoms. The van der Waals surface area contributed by atoms with Crippen molar-refractivity contribution in [2.75, 3.05) is 20.8 Å². The van der Waals surface area contributed by atoms with Crippen LogP contribution in [0.3, 0.4) is 0 Å². The first-order valence-electron chi connectivity index (χ1n) is 16.8. The highest BCUT2D eigenvalue weighted by Crippen LogP contribution is 2.44. The number of aliphatic carboxylic acids is 1. The minimum Gasteiger partial charge on any atom is -0.481 e. The van der Waals surface area contributed by atoms with Crippen molar-refractivity contribution in [3.63, 3.8) is 0 Å². The van der Waals surface area contributed by atoms with Gasteiger partial charge >= 0.3 is 5.97 Å². The highest BCUT2D eigenvalue weighted by Gasteiger charge is 2.33. The van der Waals surface area contributed by atoms with E-state index in [1.807, 2.05) is 36.4 Å². The van der Waals surface area contributed by atoms with Gasteiger partial charge in [-0.3, -0.25) is 15.1 Å². The van der Waals surface area contributed by atoms with Gasteiger partial charge in [0.05, 0.1) is 43.8 Å². The Labute approximate surface area is 306 Å². The number of fused-ring (bicyclic) bond motifs is 1. The van der Waals surface area contributed by atoms with E-state index in [1.54, 1.807) is 19.4 Å². The molecule has 2 aliphatic rings. The molecular weight excluding hydrogens is 697 g/mol. The normalized spacial score (nSPS) is 19.4. The second-order valence-electron chi connectivity index (χ2n) is 13.0. The van der Waals surface area contributed by atoms with Crippen molar-refractivity contribution in [2.24, 2.45) is 0 Å². The van der Waals surface area contributed by atoms with Crippen LogP contribution in [0.25, 0.3) is 22.4 Å². The van der Waals surface area contributed by atoms with E-state index >= 15 is 0 Å². The van der Waals surface area contributed by atoms with Crippen molar-refractivity contribution in [1.29, 1.82) is 0 Å². The van der Waals surface area contributed by atoms with Crippen LogP contribution in [0, 0.1) is 0 Å². The lowest BCUT2D eigenvalue weighted by molar-refractivity contribution is -0.145. The number of aliphatic hydroxyl groups excluding tert-OH is 2. The minimum atomic E-state index is -1.55. The fourth-order valence-corrected chi connectivity index (χ4v) is 7.19. The molecule has 51 heavy (non-hydrogen) atoms. The molecule has 4 aromatic rings. The molecule has 1 saturated carbocycles. The van der Waals surface area contributed by atoms with Crippen molar-refractivity contribution < 1.29 is 34.3 Å². The van der Waals surface area contributed by atoms with Crippen LogP contribution in [0.1, 0.15) is 61.1 Å². The second kappa shape index (κ2) is 15.7. The largest absolute Gasteiger partial charge is 0.481 e. The van der Waals surface area contributed by atoms with Crippen molar-refractivity contribution in [2.45, 2.75) is 75.9 Å². The Hall–Kier alpha value is -4.04. The molecule has 270 valence electrons. The van der Waals surface area contributed by atoms with E-state index in [2.05, 4.69) is 20.6 Å². The molecule has 2 aromatic carbocycles. The highest BCUT2D eigenvalue weighted by atomic mass is 35.5. The maximum Gasteiger partial charge on any atom is 0.326 e. The van der Waals surface area contributed by atoms with E-state index in [-0.39, 0.29) is 41.6 Å². The first kappa shape index (κ1) is 36.7. The summed E-state index contributed by atoms with van der Waals surface area (Å²) in [5, 5.41) is 36.2. The number of aliphatic hydroxyl groups is 2. The first-order valence-corrected chi connectivity index (χ1v) is 17.5. The molecular formula is C37H41Cl2N5O7. The topological polar surface area (TPSA) is 168 Å². The van der Waals surface area contributed by atoms with E-state index in [0.29, 0.717) is 40.8 Å². The van der Waals surface area contributed by atoms with Crippen LogP contribution < -0.4 is 24.8 Å². The fraction of sp³-hybridized carbons (Fsp3) is 0.405. The molecule has 14 heteroatoms. The number of rotatable bonds is 14. The van der Waals surface area contributed by atoms with Crippen LogP contribution >= 0.6 is 23.2 Å². The number of pyridine rings is 1. The van der Waals surface area contributed by atoms with Crippen molar-refractivity contribution >= 4 is 29.2 Å². The Morgan fingerprint density at radius 1 is 0.980 bits per heavy atom. The van der Waals surface area contributed by atoms with Gasteiger partial charge in [-0.05, 0) is 61.8 Å². The fourth-order valence-electron chi connectivity index (χ4n) is 6.65. The van der Waals surface area contributed by atoms with Gasteiger partial charge in [-0.1, -0.05) is 59.6 Å². The van der Waals surface area contributed by atoms with Crippen molar-refractivity contribution in [1.82, 2.24) is 25.6 Å². The average molecular weight is 739 g/mol. The van der Waals surface area contributed by atoms with Gasteiger partial charge in [0.25, 0.3) is 0 Å². The number of ether oxygens (including phenoxy) is 3. The van der Waals surface area contributed by atoms with Crippen LogP contribution in [0.15, 0.2) is 48.7 Å². The van der Waals surface area contributed by atoms with Gasteiger partial charge in [-0.2, -0.15) is 4.98 Å². The zero-order chi connectivity index (χ0) is 36.3. The van der Waals surface area contributed by atoms with Crippen LogP contribution in [-0.4, -0.2) is 74.8 Å². The lowest BCUT2D eigenvalue weighted by Crippen LogP contribution is -2.52. The Morgan fingerprint density at radius 2 is 1.73 bits per heavy atom. The number of hydrogen-bond donors (Lipinski definition) is 5. The highest BCUT2D eigenvalue weighted by molar-refractivity contribution is 6.36. The van der Waals surface area contributed by atoms with Crippen LogP contribution in [0.5, 0.6) is 17.6 Å². The number of carboxylic acids is 1. The van der Waals surface area contributed by atoms with Crippen LogP contribution in [0.2, 0.25) is 10.0 Å². The molecule has 12 nitrogen and oxygen atoms in total. The van der Waals surface area contributed by atoms with E-state index in [0.717, 1.165) is 53.5 Å². The van der Waals surface area contributed by atoms with Gasteiger partial charge in [0.15, 0.2) is 0 Å². The average Bonchev–Trinajstić information content (AvgIpc) is 3.75. The summed E-state index contributed by atoms with van der Waals surface area (Å²) in [5.74, 6) is -0.385. The van der Waals surface area contributed by atoms with E-state index < -0.39 is 18.1 Å². The zero-order valence-electron chi connectivity index (χ0n) is 28.6. The Bertz CT molecular complexity index is 1910. The smallest absolute Gasteiger partial charge is 0.326 e. The summed E-state index contributed by atoms with van der Waals surface area (Å²) in [7, 11) is 3.02.